The first-order valence-electron chi connectivity index (χ1n) is 9.66. The average Bonchev–Trinajstić information content (AvgIpc) is 3.04. The van der Waals surface area contributed by atoms with Crippen LogP contribution >= 0.6 is 0 Å². The van der Waals surface area contributed by atoms with E-state index < -0.39 is 10.0 Å². The van der Waals surface area contributed by atoms with Crippen molar-refractivity contribution in [2.75, 3.05) is 6.26 Å². The first-order chi connectivity index (χ1) is 13.8. The first kappa shape index (κ1) is 19.8. The molecule has 0 aliphatic carbocycles. The molecule has 2 atom stereocenters. The van der Waals surface area contributed by atoms with Gasteiger partial charge in [0.25, 0.3) is 0 Å². The molecule has 4 rings (SSSR count). The Hall–Kier alpha value is -2.51. The molecule has 152 valence electrons. The van der Waals surface area contributed by atoms with Gasteiger partial charge in [0, 0.05) is 11.7 Å². The summed E-state index contributed by atoms with van der Waals surface area (Å²) in [6, 6.07) is 16.2. The smallest absolute Gasteiger partial charge is 0.209 e. The van der Waals surface area contributed by atoms with E-state index >= 15 is 0 Å². The van der Waals surface area contributed by atoms with Gasteiger partial charge in [0.15, 0.2) is 0 Å². The fourth-order valence-corrected chi connectivity index (χ4v) is 4.96. The van der Waals surface area contributed by atoms with Crippen LogP contribution in [-0.2, 0) is 22.9 Å². The molecule has 2 heterocycles. The van der Waals surface area contributed by atoms with Crippen molar-refractivity contribution in [1.82, 2.24) is 14.5 Å². The Labute approximate surface area is 170 Å². The molecule has 0 fully saturated rings. The standard InChI is InChI=1S/C22H24FN3O2S/c1-15-11-20-9-10-21(25-29(2,27)28)22(26(20)24-15)13-16-5-3-6-17(12-16)18-7-4-8-19(23)14-18/h3-8,11-12,14,21-22,25H,9-10,13H2,1-2H3. The van der Waals surface area contributed by atoms with Gasteiger partial charge in [0.1, 0.15) is 5.82 Å². The fourth-order valence-electron chi connectivity index (χ4n) is 4.14. The second-order valence-corrected chi connectivity index (χ2v) is 9.52. The van der Waals surface area contributed by atoms with Gasteiger partial charge in [0.05, 0.1) is 18.0 Å². The molecule has 2 aromatic carbocycles. The third kappa shape index (κ3) is 4.57. The molecule has 1 aliphatic rings. The van der Waals surface area contributed by atoms with E-state index in [1.807, 2.05) is 41.9 Å². The maximum atomic E-state index is 13.6. The number of halogens is 1. The Morgan fingerprint density at radius 2 is 1.86 bits per heavy atom. The van der Waals surface area contributed by atoms with Crippen LogP contribution in [0, 0.1) is 12.7 Å². The van der Waals surface area contributed by atoms with Crippen LogP contribution in [0.5, 0.6) is 0 Å². The summed E-state index contributed by atoms with van der Waals surface area (Å²) in [6.45, 7) is 1.95. The molecule has 7 heteroatoms. The molecule has 1 aliphatic heterocycles. The van der Waals surface area contributed by atoms with Crippen molar-refractivity contribution in [3.8, 4) is 11.1 Å². The van der Waals surface area contributed by atoms with E-state index in [0.29, 0.717) is 6.42 Å². The second-order valence-electron chi connectivity index (χ2n) is 7.74. The van der Waals surface area contributed by atoms with Crippen LogP contribution in [0.25, 0.3) is 11.1 Å². The number of fused-ring (bicyclic) bond motifs is 1. The summed E-state index contributed by atoms with van der Waals surface area (Å²) in [7, 11) is -3.33. The predicted molar refractivity (Wildman–Crippen MR) is 112 cm³/mol. The van der Waals surface area contributed by atoms with Gasteiger partial charge in [-0.3, -0.25) is 4.68 Å². The maximum Gasteiger partial charge on any atom is 0.209 e. The first-order valence-corrected chi connectivity index (χ1v) is 11.5. The summed E-state index contributed by atoms with van der Waals surface area (Å²) in [6.07, 6.45) is 3.34. The molecule has 29 heavy (non-hydrogen) atoms. The Morgan fingerprint density at radius 1 is 1.14 bits per heavy atom. The van der Waals surface area contributed by atoms with Crippen molar-refractivity contribution >= 4 is 10.0 Å². The monoisotopic (exact) mass is 413 g/mol. The molecule has 0 saturated carbocycles. The maximum absolute atomic E-state index is 13.6. The minimum absolute atomic E-state index is 0.120. The normalized spacial score (nSPS) is 19.1. The van der Waals surface area contributed by atoms with E-state index in [2.05, 4.69) is 15.9 Å². The van der Waals surface area contributed by atoms with Gasteiger partial charge in [-0.1, -0.05) is 36.4 Å². The number of nitrogens with one attached hydrogen (secondary N) is 1. The van der Waals surface area contributed by atoms with Gasteiger partial charge in [-0.2, -0.15) is 5.10 Å². The lowest BCUT2D eigenvalue weighted by atomic mass is 9.91. The Balaban J connectivity index is 1.67. The predicted octanol–water partition coefficient (Wildman–Crippen LogP) is 3.65. The van der Waals surface area contributed by atoms with Crippen LogP contribution < -0.4 is 4.72 Å². The number of aryl methyl sites for hydroxylation is 2. The third-order valence-electron chi connectivity index (χ3n) is 5.32. The van der Waals surface area contributed by atoms with Crippen molar-refractivity contribution in [2.45, 2.75) is 38.3 Å². The number of hydrogen-bond donors (Lipinski definition) is 1. The fraction of sp³-hybridized carbons (Fsp3) is 0.318. The topological polar surface area (TPSA) is 64.0 Å². The molecule has 2 unspecified atom stereocenters. The summed E-state index contributed by atoms with van der Waals surface area (Å²) in [5.74, 6) is -0.269. The Kier molecular flexibility index (Phi) is 5.27. The molecule has 1 N–H and O–H groups in total. The number of nitrogens with zero attached hydrogens (tertiary/aromatic N) is 2. The molecule has 0 bridgehead atoms. The van der Waals surface area contributed by atoms with E-state index in [1.54, 1.807) is 6.07 Å². The lowest BCUT2D eigenvalue weighted by molar-refractivity contribution is 0.299. The molecule has 3 aromatic rings. The molecule has 0 radical (unpaired) electrons. The number of rotatable bonds is 5. The van der Waals surface area contributed by atoms with Crippen LogP contribution in [0.4, 0.5) is 4.39 Å². The number of hydrogen-bond acceptors (Lipinski definition) is 3. The lowest BCUT2D eigenvalue weighted by Gasteiger charge is -2.33. The van der Waals surface area contributed by atoms with E-state index in [9.17, 15) is 12.8 Å². The second kappa shape index (κ2) is 7.72. The number of sulfonamides is 1. The van der Waals surface area contributed by atoms with Crippen LogP contribution in [0.15, 0.2) is 54.6 Å². The summed E-state index contributed by atoms with van der Waals surface area (Å²) >= 11 is 0. The largest absolute Gasteiger partial charge is 0.264 e. The van der Waals surface area contributed by atoms with Crippen LogP contribution in [0.3, 0.4) is 0 Å². The van der Waals surface area contributed by atoms with Crippen molar-refractivity contribution in [3.63, 3.8) is 0 Å². The summed E-state index contributed by atoms with van der Waals surface area (Å²) < 4.78 is 42.2. The Morgan fingerprint density at radius 3 is 2.59 bits per heavy atom. The highest BCUT2D eigenvalue weighted by molar-refractivity contribution is 7.88. The van der Waals surface area contributed by atoms with Gasteiger partial charge in [-0.15, -0.1) is 0 Å². The van der Waals surface area contributed by atoms with E-state index in [0.717, 1.165) is 40.9 Å². The van der Waals surface area contributed by atoms with Crippen LogP contribution in [0.1, 0.15) is 29.4 Å². The zero-order valence-electron chi connectivity index (χ0n) is 16.5. The molecule has 0 saturated heterocycles. The molecule has 0 amide bonds. The summed E-state index contributed by atoms with van der Waals surface area (Å²) in [5.41, 5.74) is 4.86. The highest BCUT2D eigenvalue weighted by Crippen LogP contribution is 2.30. The summed E-state index contributed by atoms with van der Waals surface area (Å²) in [4.78, 5) is 0. The van der Waals surface area contributed by atoms with Gasteiger partial charge < -0.3 is 0 Å². The Bertz CT molecular complexity index is 1140. The van der Waals surface area contributed by atoms with Crippen LogP contribution in [-0.4, -0.2) is 30.5 Å². The van der Waals surface area contributed by atoms with E-state index in [1.165, 1.54) is 18.4 Å². The van der Waals surface area contributed by atoms with Crippen molar-refractivity contribution in [3.05, 3.63) is 77.4 Å². The zero-order valence-corrected chi connectivity index (χ0v) is 17.3. The van der Waals surface area contributed by atoms with Crippen molar-refractivity contribution < 1.29 is 12.8 Å². The molecule has 5 nitrogen and oxygen atoms in total. The van der Waals surface area contributed by atoms with E-state index in [4.69, 9.17) is 0 Å². The highest BCUT2D eigenvalue weighted by atomic mass is 32.2. The summed E-state index contributed by atoms with van der Waals surface area (Å²) in [5, 5.41) is 4.63. The molecule has 0 spiro atoms. The average molecular weight is 414 g/mol. The third-order valence-corrected chi connectivity index (χ3v) is 6.05. The minimum Gasteiger partial charge on any atom is -0.264 e. The SMILES string of the molecule is Cc1cc2n(n1)C(Cc1cccc(-c3cccc(F)c3)c1)C(NS(C)(=O)=O)CC2. The highest BCUT2D eigenvalue weighted by Gasteiger charge is 2.32. The van der Waals surface area contributed by atoms with Gasteiger partial charge in [-0.05, 0) is 61.1 Å². The molecular formula is C22H24FN3O2S. The molecule has 1 aromatic heterocycles. The van der Waals surface area contributed by atoms with Crippen LogP contribution in [0.2, 0.25) is 0 Å². The van der Waals surface area contributed by atoms with Crippen molar-refractivity contribution in [2.24, 2.45) is 0 Å². The number of aromatic nitrogens is 2. The lowest BCUT2D eigenvalue weighted by Crippen LogP contribution is -2.45. The van der Waals surface area contributed by atoms with E-state index in [-0.39, 0.29) is 17.9 Å². The van der Waals surface area contributed by atoms with Gasteiger partial charge in [-0.25, -0.2) is 17.5 Å². The van der Waals surface area contributed by atoms with Gasteiger partial charge >= 0.3 is 0 Å². The van der Waals surface area contributed by atoms with Gasteiger partial charge in [0.2, 0.25) is 10.0 Å². The minimum atomic E-state index is -3.33. The quantitative estimate of drug-likeness (QED) is 0.695. The molecular weight excluding hydrogens is 389 g/mol. The van der Waals surface area contributed by atoms with Crippen molar-refractivity contribution in [1.29, 1.82) is 0 Å². The zero-order chi connectivity index (χ0) is 20.6. The number of benzene rings is 2.